The Bertz CT molecular complexity index is 949. The van der Waals surface area contributed by atoms with Crippen LogP contribution >= 0.6 is 0 Å². The van der Waals surface area contributed by atoms with Gasteiger partial charge in [-0.3, -0.25) is 14.6 Å². The molecule has 160 valence electrons. The molecule has 0 spiro atoms. The smallest absolute Gasteiger partial charge is 0.241 e. The van der Waals surface area contributed by atoms with Gasteiger partial charge in [-0.25, -0.2) is 13.2 Å². The Morgan fingerprint density at radius 2 is 1.77 bits per heavy atom. The van der Waals surface area contributed by atoms with Gasteiger partial charge in [-0.2, -0.15) is 0 Å². The molecule has 0 bridgehead atoms. The maximum Gasteiger partial charge on any atom is 0.241 e. The molecule has 1 atom stereocenters. The van der Waals surface area contributed by atoms with Crippen molar-refractivity contribution in [3.63, 3.8) is 0 Å². The number of hydrogen-bond donors (Lipinski definition) is 1. The van der Waals surface area contributed by atoms with Gasteiger partial charge in [0.15, 0.2) is 29.0 Å². The Morgan fingerprint density at radius 1 is 1.03 bits per heavy atom. The van der Waals surface area contributed by atoms with Gasteiger partial charge in [0.1, 0.15) is 0 Å². The molecule has 1 saturated heterocycles. The van der Waals surface area contributed by atoms with E-state index in [0.717, 1.165) is 48.8 Å². The Balaban J connectivity index is 1.30. The van der Waals surface area contributed by atoms with Crippen LogP contribution in [-0.4, -0.2) is 54.7 Å². The van der Waals surface area contributed by atoms with Crippen molar-refractivity contribution in [1.82, 2.24) is 9.80 Å². The number of amides is 1. The normalized spacial score (nSPS) is 17.7. The molecule has 0 saturated carbocycles. The van der Waals surface area contributed by atoms with E-state index in [1.54, 1.807) is 6.92 Å². The molecule has 2 aliphatic rings. The van der Waals surface area contributed by atoms with Crippen LogP contribution in [0.4, 0.5) is 18.9 Å². The number of nitrogens with zero attached hydrogens (tertiary/aromatic N) is 2. The van der Waals surface area contributed by atoms with E-state index in [4.69, 9.17) is 9.47 Å². The van der Waals surface area contributed by atoms with E-state index in [1.807, 2.05) is 23.1 Å². The van der Waals surface area contributed by atoms with Gasteiger partial charge in [0, 0.05) is 32.7 Å². The number of anilines is 1. The second-order valence-corrected chi connectivity index (χ2v) is 7.39. The van der Waals surface area contributed by atoms with E-state index < -0.39 is 29.4 Å². The number of carbonyl (C=O) groups excluding carboxylic acids is 1. The van der Waals surface area contributed by atoms with Gasteiger partial charge in [0.05, 0.1) is 11.7 Å². The summed E-state index contributed by atoms with van der Waals surface area (Å²) in [4.78, 5) is 16.7. The lowest BCUT2D eigenvalue weighted by Crippen LogP contribution is -2.52. The van der Waals surface area contributed by atoms with Crippen LogP contribution in [0, 0.1) is 17.5 Å². The maximum absolute atomic E-state index is 13.8. The Kier molecular flexibility index (Phi) is 5.83. The summed E-state index contributed by atoms with van der Waals surface area (Å²) in [7, 11) is 0. The fourth-order valence-electron chi connectivity index (χ4n) is 3.63. The second kappa shape index (κ2) is 8.53. The van der Waals surface area contributed by atoms with Crippen molar-refractivity contribution in [2.45, 2.75) is 19.5 Å². The molecule has 2 aliphatic heterocycles. The molecule has 1 N–H and O–H groups in total. The molecule has 6 nitrogen and oxygen atoms in total. The predicted molar refractivity (Wildman–Crippen MR) is 104 cm³/mol. The quantitative estimate of drug-likeness (QED) is 0.753. The first-order valence-electron chi connectivity index (χ1n) is 9.71. The van der Waals surface area contributed by atoms with Gasteiger partial charge >= 0.3 is 0 Å². The Hall–Kier alpha value is -2.78. The summed E-state index contributed by atoms with van der Waals surface area (Å²) in [6, 6.07) is 7.14. The maximum atomic E-state index is 13.8. The Morgan fingerprint density at radius 3 is 2.53 bits per heavy atom. The third-order valence-corrected chi connectivity index (χ3v) is 5.47. The first-order valence-corrected chi connectivity index (χ1v) is 9.71. The molecule has 2 aromatic rings. The van der Waals surface area contributed by atoms with Crippen molar-refractivity contribution in [2.75, 3.05) is 38.3 Å². The minimum Gasteiger partial charge on any atom is -0.454 e. The molecule has 1 amide bonds. The molecule has 2 heterocycles. The van der Waals surface area contributed by atoms with Gasteiger partial charge < -0.3 is 14.8 Å². The third-order valence-electron chi connectivity index (χ3n) is 5.47. The summed E-state index contributed by atoms with van der Waals surface area (Å²) in [6.07, 6.45) is 0. The highest BCUT2D eigenvalue weighted by atomic mass is 19.2. The number of fused-ring (bicyclic) bond motifs is 1. The summed E-state index contributed by atoms with van der Waals surface area (Å²) in [5, 5.41) is 2.35. The lowest BCUT2D eigenvalue weighted by molar-refractivity contribution is -0.121. The van der Waals surface area contributed by atoms with Gasteiger partial charge in [0.2, 0.25) is 12.7 Å². The largest absolute Gasteiger partial charge is 0.454 e. The number of benzene rings is 2. The standard InChI is InChI=1S/C21H22F3N3O3/c1-13(21(28)25-16-4-3-15(22)19(23)20(16)24)27-8-6-26(7-9-27)11-14-2-5-17-18(10-14)30-12-29-17/h2-5,10,13H,6-9,11-12H2,1H3,(H,25,28)/t13-/m1/s1. The van der Waals surface area contributed by atoms with Crippen LogP contribution in [0.2, 0.25) is 0 Å². The van der Waals surface area contributed by atoms with E-state index >= 15 is 0 Å². The van der Waals surface area contributed by atoms with Gasteiger partial charge in [-0.15, -0.1) is 0 Å². The summed E-state index contributed by atoms with van der Waals surface area (Å²) in [5.41, 5.74) is 0.750. The van der Waals surface area contributed by atoms with E-state index in [9.17, 15) is 18.0 Å². The highest BCUT2D eigenvalue weighted by molar-refractivity contribution is 5.94. The Labute approximate surface area is 172 Å². The van der Waals surface area contributed by atoms with E-state index in [0.29, 0.717) is 13.1 Å². The number of carbonyl (C=O) groups is 1. The summed E-state index contributed by atoms with van der Waals surface area (Å²) < 4.78 is 50.9. The zero-order valence-corrected chi connectivity index (χ0v) is 16.5. The molecule has 0 radical (unpaired) electrons. The van der Waals surface area contributed by atoms with E-state index in [2.05, 4.69) is 10.2 Å². The van der Waals surface area contributed by atoms with Crippen LogP contribution in [-0.2, 0) is 11.3 Å². The van der Waals surface area contributed by atoms with Crippen LogP contribution in [0.5, 0.6) is 11.5 Å². The lowest BCUT2D eigenvalue weighted by Gasteiger charge is -2.37. The molecule has 30 heavy (non-hydrogen) atoms. The topological polar surface area (TPSA) is 54.0 Å². The molecule has 2 aromatic carbocycles. The van der Waals surface area contributed by atoms with Crippen molar-refractivity contribution in [2.24, 2.45) is 0 Å². The molecular weight excluding hydrogens is 399 g/mol. The monoisotopic (exact) mass is 421 g/mol. The van der Waals surface area contributed by atoms with Gasteiger partial charge in [-0.1, -0.05) is 6.07 Å². The predicted octanol–water partition coefficient (Wildman–Crippen LogP) is 2.98. The first-order chi connectivity index (χ1) is 14.4. The van der Waals surface area contributed by atoms with Crippen LogP contribution in [0.25, 0.3) is 0 Å². The van der Waals surface area contributed by atoms with Crippen LogP contribution in [0.15, 0.2) is 30.3 Å². The molecule has 4 rings (SSSR count). The summed E-state index contributed by atoms with van der Waals surface area (Å²) >= 11 is 0. The number of rotatable bonds is 5. The molecule has 1 fully saturated rings. The average Bonchev–Trinajstić information content (AvgIpc) is 3.22. The molecule has 0 aromatic heterocycles. The molecule has 0 unspecified atom stereocenters. The zero-order chi connectivity index (χ0) is 21.3. The van der Waals surface area contributed by atoms with E-state index in [1.165, 1.54) is 0 Å². The minimum atomic E-state index is -1.60. The first kappa shape index (κ1) is 20.5. The lowest BCUT2D eigenvalue weighted by atomic mass is 10.1. The molecule has 9 heteroatoms. The van der Waals surface area contributed by atoms with E-state index in [-0.39, 0.29) is 12.5 Å². The number of piperazine rings is 1. The average molecular weight is 421 g/mol. The number of ether oxygens (including phenoxy) is 2. The summed E-state index contributed by atoms with van der Waals surface area (Å²) in [6.45, 7) is 5.52. The van der Waals surface area contributed by atoms with Crippen molar-refractivity contribution in [1.29, 1.82) is 0 Å². The van der Waals surface area contributed by atoms with Gasteiger partial charge in [0.25, 0.3) is 0 Å². The van der Waals surface area contributed by atoms with Crippen molar-refractivity contribution < 1.29 is 27.4 Å². The zero-order valence-electron chi connectivity index (χ0n) is 16.5. The van der Waals surface area contributed by atoms with Crippen molar-refractivity contribution in [3.05, 3.63) is 53.3 Å². The third kappa shape index (κ3) is 4.22. The number of nitrogens with one attached hydrogen (secondary N) is 1. The SMILES string of the molecule is C[C@H](C(=O)Nc1ccc(F)c(F)c1F)N1CCN(Cc2ccc3c(c2)OCO3)CC1. The fourth-order valence-corrected chi connectivity index (χ4v) is 3.63. The second-order valence-electron chi connectivity index (χ2n) is 7.39. The van der Waals surface area contributed by atoms with Crippen LogP contribution in [0.1, 0.15) is 12.5 Å². The minimum absolute atomic E-state index is 0.242. The van der Waals surface area contributed by atoms with Crippen molar-refractivity contribution >= 4 is 11.6 Å². The van der Waals surface area contributed by atoms with Gasteiger partial charge in [-0.05, 0) is 36.8 Å². The number of hydrogen-bond acceptors (Lipinski definition) is 5. The highest BCUT2D eigenvalue weighted by Gasteiger charge is 2.27. The molecule has 0 aliphatic carbocycles. The van der Waals surface area contributed by atoms with Crippen molar-refractivity contribution in [3.8, 4) is 11.5 Å². The fraction of sp³-hybridized carbons (Fsp3) is 0.381. The number of halogens is 3. The highest BCUT2D eigenvalue weighted by Crippen LogP contribution is 2.33. The summed E-state index contributed by atoms with van der Waals surface area (Å²) in [5.74, 6) is -3.26. The van der Waals surface area contributed by atoms with Crippen LogP contribution < -0.4 is 14.8 Å². The molecular formula is C21H22F3N3O3. The van der Waals surface area contributed by atoms with Crippen LogP contribution in [0.3, 0.4) is 0 Å².